The molecule has 0 amide bonds. The van der Waals surface area contributed by atoms with Gasteiger partial charge in [-0.2, -0.15) is 4.98 Å². The lowest BCUT2D eigenvalue weighted by Crippen LogP contribution is -2.36. The Labute approximate surface area is 195 Å². The van der Waals surface area contributed by atoms with Gasteiger partial charge in [-0.1, -0.05) is 24.3 Å². The van der Waals surface area contributed by atoms with E-state index in [9.17, 15) is 0 Å². The second kappa shape index (κ2) is 10.4. The number of fused-ring (bicyclic) bond motifs is 1. The topological polar surface area (TPSA) is 56.7 Å². The molecule has 0 aliphatic carbocycles. The zero-order valence-electron chi connectivity index (χ0n) is 17.7. The molecule has 8 heteroatoms. The van der Waals surface area contributed by atoms with E-state index in [0.29, 0.717) is 25.6 Å². The normalized spacial score (nSPS) is 14.6. The number of benzene rings is 1. The zero-order valence-corrected chi connectivity index (χ0v) is 19.4. The molecule has 6 nitrogen and oxygen atoms in total. The van der Waals surface area contributed by atoms with Gasteiger partial charge < -0.3 is 14.2 Å². The molecular formula is C24H25N3O3S2. The highest BCUT2D eigenvalue weighted by Gasteiger charge is 2.19. The van der Waals surface area contributed by atoms with E-state index in [0.717, 1.165) is 60.1 Å². The van der Waals surface area contributed by atoms with Crippen LogP contribution in [0, 0.1) is 0 Å². The SMILES string of the molecule is c1ccc(OCCCOc2nc(CN3CCOCC3)nc3scc(-c4cccs4)c23)cc1. The lowest BCUT2D eigenvalue weighted by Gasteiger charge is -2.25. The number of hydrogen-bond donors (Lipinski definition) is 0. The fourth-order valence-corrected chi connectivity index (χ4v) is 5.41. The maximum Gasteiger partial charge on any atom is 0.226 e. The quantitative estimate of drug-likeness (QED) is 0.319. The van der Waals surface area contributed by atoms with Crippen LogP contribution in [0.25, 0.3) is 20.7 Å². The molecule has 1 aliphatic heterocycles. The van der Waals surface area contributed by atoms with Gasteiger partial charge in [0.1, 0.15) is 16.4 Å². The minimum atomic E-state index is 0.537. The Morgan fingerprint density at radius 1 is 0.938 bits per heavy atom. The fourth-order valence-electron chi connectivity index (χ4n) is 3.63. The van der Waals surface area contributed by atoms with Gasteiger partial charge in [0.15, 0.2) is 0 Å². The highest BCUT2D eigenvalue weighted by Crippen LogP contribution is 2.40. The number of rotatable bonds is 9. The van der Waals surface area contributed by atoms with E-state index in [1.165, 1.54) is 4.88 Å². The molecule has 0 radical (unpaired) electrons. The summed E-state index contributed by atoms with van der Waals surface area (Å²) in [5.74, 6) is 2.35. The molecule has 4 heterocycles. The Morgan fingerprint density at radius 2 is 1.78 bits per heavy atom. The number of morpholine rings is 1. The smallest absolute Gasteiger partial charge is 0.226 e. The van der Waals surface area contributed by atoms with Gasteiger partial charge in [-0.3, -0.25) is 4.90 Å². The van der Waals surface area contributed by atoms with E-state index in [-0.39, 0.29) is 0 Å². The summed E-state index contributed by atoms with van der Waals surface area (Å²) in [6.07, 6.45) is 0.775. The monoisotopic (exact) mass is 467 g/mol. The van der Waals surface area contributed by atoms with E-state index in [2.05, 4.69) is 27.8 Å². The van der Waals surface area contributed by atoms with Crippen LogP contribution < -0.4 is 9.47 Å². The lowest BCUT2D eigenvalue weighted by atomic mass is 10.2. The number of para-hydroxylation sites is 1. The zero-order chi connectivity index (χ0) is 21.6. The third kappa shape index (κ3) is 5.10. The van der Waals surface area contributed by atoms with Crippen molar-refractivity contribution in [2.75, 3.05) is 39.5 Å². The Morgan fingerprint density at radius 3 is 2.59 bits per heavy atom. The first-order valence-electron chi connectivity index (χ1n) is 10.8. The number of thiophene rings is 2. The molecule has 0 atom stereocenters. The van der Waals surface area contributed by atoms with Gasteiger partial charge in [0, 0.05) is 35.3 Å². The van der Waals surface area contributed by atoms with Crippen molar-refractivity contribution in [3.63, 3.8) is 0 Å². The Hall–Kier alpha value is -2.52. The maximum absolute atomic E-state index is 6.22. The summed E-state index contributed by atoms with van der Waals surface area (Å²) in [6, 6.07) is 14.1. The first kappa shape index (κ1) is 21.3. The molecule has 166 valence electrons. The van der Waals surface area contributed by atoms with E-state index in [1.807, 2.05) is 30.3 Å². The standard InChI is InChI=1S/C24H25N3O3S2/c1-2-6-18(7-3-1)29-11-5-12-30-23-22-19(20-8-4-15-31-20)17-32-24(22)26-21(25-23)16-27-9-13-28-14-10-27/h1-4,6-8,15,17H,5,9-14,16H2. The first-order valence-corrected chi connectivity index (χ1v) is 12.6. The van der Waals surface area contributed by atoms with Crippen molar-refractivity contribution in [1.82, 2.24) is 14.9 Å². The molecule has 4 aromatic rings. The van der Waals surface area contributed by atoms with Crippen LogP contribution in [0.3, 0.4) is 0 Å². The van der Waals surface area contributed by atoms with Gasteiger partial charge in [-0.05, 0) is 23.6 Å². The molecule has 5 rings (SSSR count). The lowest BCUT2D eigenvalue weighted by molar-refractivity contribution is 0.0330. The summed E-state index contributed by atoms with van der Waals surface area (Å²) < 4.78 is 17.5. The predicted octanol–water partition coefficient (Wildman–Crippen LogP) is 5.10. The van der Waals surface area contributed by atoms with Crippen molar-refractivity contribution in [1.29, 1.82) is 0 Å². The summed E-state index contributed by atoms with van der Waals surface area (Å²) in [6.45, 7) is 5.16. The summed E-state index contributed by atoms with van der Waals surface area (Å²) >= 11 is 3.37. The summed E-state index contributed by atoms with van der Waals surface area (Å²) in [4.78, 5) is 14.2. The Balaban J connectivity index is 1.33. The van der Waals surface area contributed by atoms with Crippen LogP contribution in [0.4, 0.5) is 0 Å². The third-order valence-corrected chi connectivity index (χ3v) is 7.02. The molecule has 0 saturated carbocycles. The summed E-state index contributed by atoms with van der Waals surface area (Å²) in [5.41, 5.74) is 1.15. The van der Waals surface area contributed by atoms with Crippen molar-refractivity contribution in [2.45, 2.75) is 13.0 Å². The first-order chi connectivity index (χ1) is 15.9. The summed E-state index contributed by atoms with van der Waals surface area (Å²) in [7, 11) is 0. The van der Waals surface area contributed by atoms with Crippen LogP contribution in [-0.4, -0.2) is 54.4 Å². The molecule has 0 spiro atoms. The molecule has 3 aromatic heterocycles. The van der Waals surface area contributed by atoms with E-state index in [1.54, 1.807) is 22.7 Å². The highest BCUT2D eigenvalue weighted by atomic mass is 32.1. The van der Waals surface area contributed by atoms with Gasteiger partial charge in [0.05, 0.1) is 38.4 Å². The van der Waals surface area contributed by atoms with Crippen LogP contribution in [0.1, 0.15) is 12.2 Å². The molecule has 0 bridgehead atoms. The van der Waals surface area contributed by atoms with E-state index < -0.39 is 0 Å². The molecule has 0 unspecified atom stereocenters. The van der Waals surface area contributed by atoms with Gasteiger partial charge in [-0.25, -0.2) is 4.98 Å². The molecule has 0 N–H and O–H groups in total. The Kier molecular flexibility index (Phi) is 6.93. The van der Waals surface area contributed by atoms with E-state index >= 15 is 0 Å². The van der Waals surface area contributed by atoms with Crippen LogP contribution in [0.5, 0.6) is 11.6 Å². The van der Waals surface area contributed by atoms with Crippen molar-refractivity contribution in [3.05, 3.63) is 59.0 Å². The molecule has 1 aliphatic rings. The van der Waals surface area contributed by atoms with Gasteiger partial charge in [-0.15, -0.1) is 22.7 Å². The third-order valence-electron chi connectivity index (χ3n) is 5.24. The van der Waals surface area contributed by atoms with Crippen LogP contribution >= 0.6 is 22.7 Å². The predicted molar refractivity (Wildman–Crippen MR) is 129 cm³/mol. The molecule has 1 aromatic carbocycles. The minimum Gasteiger partial charge on any atom is -0.493 e. The second-order valence-corrected chi connectivity index (χ2v) is 9.31. The number of nitrogens with zero attached hydrogens (tertiary/aromatic N) is 3. The number of ether oxygens (including phenoxy) is 3. The van der Waals surface area contributed by atoms with Crippen LogP contribution in [0.15, 0.2) is 53.2 Å². The molecular weight excluding hydrogens is 442 g/mol. The van der Waals surface area contributed by atoms with Gasteiger partial charge >= 0.3 is 0 Å². The van der Waals surface area contributed by atoms with Crippen LogP contribution in [-0.2, 0) is 11.3 Å². The molecule has 1 fully saturated rings. The van der Waals surface area contributed by atoms with Crippen molar-refractivity contribution in [2.24, 2.45) is 0 Å². The maximum atomic E-state index is 6.22. The van der Waals surface area contributed by atoms with Crippen molar-refractivity contribution >= 4 is 32.9 Å². The molecule has 1 saturated heterocycles. The highest BCUT2D eigenvalue weighted by molar-refractivity contribution is 7.18. The largest absolute Gasteiger partial charge is 0.493 e. The number of hydrogen-bond acceptors (Lipinski definition) is 8. The Bertz CT molecular complexity index is 1130. The van der Waals surface area contributed by atoms with Crippen molar-refractivity contribution in [3.8, 4) is 22.1 Å². The number of aromatic nitrogens is 2. The molecule has 32 heavy (non-hydrogen) atoms. The second-order valence-electron chi connectivity index (χ2n) is 7.50. The van der Waals surface area contributed by atoms with Crippen LogP contribution in [0.2, 0.25) is 0 Å². The van der Waals surface area contributed by atoms with Gasteiger partial charge in [0.25, 0.3) is 0 Å². The van der Waals surface area contributed by atoms with E-state index in [4.69, 9.17) is 24.2 Å². The average molecular weight is 468 g/mol. The average Bonchev–Trinajstić information content (AvgIpc) is 3.50. The fraction of sp³-hybridized carbons (Fsp3) is 0.333. The van der Waals surface area contributed by atoms with Crippen molar-refractivity contribution < 1.29 is 14.2 Å². The summed E-state index contributed by atoms with van der Waals surface area (Å²) in [5, 5.41) is 5.26. The van der Waals surface area contributed by atoms with Gasteiger partial charge in [0.2, 0.25) is 5.88 Å². The minimum absolute atomic E-state index is 0.537.